The van der Waals surface area contributed by atoms with Crippen molar-refractivity contribution < 1.29 is 9.18 Å². The minimum atomic E-state index is -0.527. The zero-order valence-electron chi connectivity index (χ0n) is 13.8. The summed E-state index contributed by atoms with van der Waals surface area (Å²) in [5, 5.41) is 3.45. The lowest BCUT2D eigenvalue weighted by molar-refractivity contribution is 0.0952. The normalized spacial score (nSPS) is 11.0. The Morgan fingerprint density at radius 2 is 1.58 bits per heavy atom. The molecule has 0 aliphatic rings. The highest BCUT2D eigenvalue weighted by molar-refractivity contribution is 6.07. The number of carbonyl (C=O) groups excluding carboxylic acids is 1. The van der Waals surface area contributed by atoms with Gasteiger partial charge in [-0.1, -0.05) is 42.5 Å². The highest BCUT2D eigenvalue weighted by Crippen LogP contribution is 2.20. The van der Waals surface area contributed by atoms with Crippen molar-refractivity contribution in [1.82, 2.24) is 10.3 Å². The van der Waals surface area contributed by atoms with Crippen LogP contribution in [0.5, 0.6) is 0 Å². The van der Waals surface area contributed by atoms with Crippen LogP contribution < -0.4 is 10.7 Å². The molecule has 2 N–H and O–H groups in total. The summed E-state index contributed by atoms with van der Waals surface area (Å²) in [7, 11) is 0. The lowest BCUT2D eigenvalue weighted by Gasteiger charge is -2.10. The Balaban J connectivity index is 1.80. The van der Waals surface area contributed by atoms with Gasteiger partial charge < -0.3 is 10.3 Å². The van der Waals surface area contributed by atoms with Gasteiger partial charge in [0.05, 0.1) is 16.6 Å². The SMILES string of the molecule is O=C(NCc1ccccc1)c1cccc2c(=O)c3cccc(F)c3[nH]c12. The molecule has 0 saturated carbocycles. The molecular weight excluding hydrogens is 331 g/mol. The van der Waals surface area contributed by atoms with E-state index in [4.69, 9.17) is 0 Å². The number of amides is 1. The number of fused-ring (bicyclic) bond motifs is 2. The molecule has 0 aliphatic heterocycles. The first-order valence-electron chi connectivity index (χ1n) is 8.20. The third-order valence-corrected chi connectivity index (χ3v) is 4.36. The fourth-order valence-corrected chi connectivity index (χ4v) is 3.05. The summed E-state index contributed by atoms with van der Waals surface area (Å²) in [5.74, 6) is -0.855. The van der Waals surface area contributed by atoms with Gasteiger partial charge in [-0.2, -0.15) is 0 Å². The van der Waals surface area contributed by atoms with Gasteiger partial charge in [-0.05, 0) is 29.8 Å². The standard InChI is InChI=1S/C21H15FN2O2/c22-17-11-5-9-15-19(17)24-18-14(20(15)25)8-4-10-16(18)21(26)23-12-13-6-2-1-3-7-13/h1-11H,12H2,(H,23,26)(H,24,25). The fraction of sp³-hybridized carbons (Fsp3) is 0.0476. The zero-order chi connectivity index (χ0) is 18.1. The quantitative estimate of drug-likeness (QED) is 0.555. The first-order chi connectivity index (χ1) is 12.6. The van der Waals surface area contributed by atoms with Gasteiger partial charge in [-0.3, -0.25) is 9.59 Å². The van der Waals surface area contributed by atoms with Gasteiger partial charge >= 0.3 is 0 Å². The summed E-state index contributed by atoms with van der Waals surface area (Å²) >= 11 is 0. The van der Waals surface area contributed by atoms with Crippen LogP contribution in [0.15, 0.2) is 71.5 Å². The number of benzene rings is 3. The summed E-state index contributed by atoms with van der Waals surface area (Å²) in [5.41, 5.74) is 1.41. The summed E-state index contributed by atoms with van der Waals surface area (Å²) in [6.45, 7) is 0.363. The number of carbonyl (C=O) groups is 1. The van der Waals surface area contributed by atoms with E-state index in [0.29, 0.717) is 23.0 Å². The Labute approximate surface area is 148 Å². The van der Waals surface area contributed by atoms with E-state index in [1.165, 1.54) is 12.1 Å². The maximum atomic E-state index is 14.1. The highest BCUT2D eigenvalue weighted by atomic mass is 19.1. The summed E-state index contributed by atoms with van der Waals surface area (Å²) in [4.78, 5) is 28.2. The van der Waals surface area contributed by atoms with Crippen molar-refractivity contribution >= 4 is 27.7 Å². The number of aromatic amines is 1. The molecule has 26 heavy (non-hydrogen) atoms. The zero-order valence-corrected chi connectivity index (χ0v) is 13.8. The van der Waals surface area contributed by atoms with E-state index >= 15 is 0 Å². The van der Waals surface area contributed by atoms with E-state index in [9.17, 15) is 14.0 Å². The lowest BCUT2D eigenvalue weighted by atomic mass is 10.1. The van der Waals surface area contributed by atoms with Gasteiger partial charge in [0, 0.05) is 17.3 Å². The maximum Gasteiger partial charge on any atom is 0.253 e. The molecule has 128 valence electrons. The van der Waals surface area contributed by atoms with Gasteiger partial charge in [0.1, 0.15) is 5.82 Å². The molecule has 0 saturated heterocycles. The number of hydrogen-bond acceptors (Lipinski definition) is 2. The number of nitrogens with one attached hydrogen (secondary N) is 2. The number of aromatic nitrogens is 1. The molecule has 0 radical (unpaired) electrons. The van der Waals surface area contributed by atoms with Gasteiger partial charge in [0.15, 0.2) is 5.43 Å². The summed E-state index contributed by atoms with van der Waals surface area (Å²) in [6.07, 6.45) is 0. The smallest absolute Gasteiger partial charge is 0.253 e. The van der Waals surface area contributed by atoms with Crippen molar-refractivity contribution in [2.24, 2.45) is 0 Å². The average Bonchev–Trinajstić information content (AvgIpc) is 2.68. The summed E-state index contributed by atoms with van der Waals surface area (Å²) < 4.78 is 14.1. The van der Waals surface area contributed by atoms with Crippen LogP contribution in [0.25, 0.3) is 21.8 Å². The lowest BCUT2D eigenvalue weighted by Crippen LogP contribution is -2.23. The molecule has 4 nitrogen and oxygen atoms in total. The largest absolute Gasteiger partial charge is 0.351 e. The molecule has 1 aromatic heterocycles. The van der Waals surface area contributed by atoms with Crippen LogP contribution in [0.4, 0.5) is 4.39 Å². The number of rotatable bonds is 3. The molecule has 5 heteroatoms. The highest BCUT2D eigenvalue weighted by Gasteiger charge is 2.15. The molecule has 0 bridgehead atoms. The van der Waals surface area contributed by atoms with Crippen LogP contribution in [0, 0.1) is 5.82 Å². The molecule has 4 rings (SSSR count). The van der Waals surface area contributed by atoms with Crippen LogP contribution in [-0.2, 0) is 6.54 Å². The van der Waals surface area contributed by atoms with E-state index < -0.39 is 5.82 Å². The maximum absolute atomic E-state index is 14.1. The Bertz CT molecular complexity index is 1180. The molecular formula is C21H15FN2O2. The van der Waals surface area contributed by atoms with Gasteiger partial charge in [0.2, 0.25) is 0 Å². The van der Waals surface area contributed by atoms with E-state index in [0.717, 1.165) is 5.56 Å². The first-order valence-corrected chi connectivity index (χ1v) is 8.20. The topological polar surface area (TPSA) is 62.0 Å². The van der Waals surface area contributed by atoms with Crippen molar-refractivity contribution in [1.29, 1.82) is 0 Å². The summed E-state index contributed by atoms with van der Waals surface area (Å²) in [6, 6.07) is 18.8. The molecule has 0 atom stereocenters. The molecule has 4 aromatic rings. The number of H-pyrrole nitrogens is 1. The number of pyridine rings is 1. The van der Waals surface area contributed by atoms with Crippen LogP contribution in [0.2, 0.25) is 0 Å². The van der Waals surface area contributed by atoms with E-state index in [1.54, 1.807) is 24.3 Å². The van der Waals surface area contributed by atoms with Gasteiger partial charge in [-0.25, -0.2) is 4.39 Å². The van der Waals surface area contributed by atoms with Crippen molar-refractivity contribution in [2.75, 3.05) is 0 Å². The third-order valence-electron chi connectivity index (χ3n) is 4.36. The Morgan fingerprint density at radius 3 is 2.35 bits per heavy atom. The second-order valence-electron chi connectivity index (χ2n) is 6.01. The van der Waals surface area contributed by atoms with Crippen LogP contribution in [0.1, 0.15) is 15.9 Å². The minimum Gasteiger partial charge on any atom is -0.351 e. The fourth-order valence-electron chi connectivity index (χ4n) is 3.05. The predicted octanol–water partition coefficient (Wildman–Crippen LogP) is 3.75. The second-order valence-corrected chi connectivity index (χ2v) is 6.01. The van der Waals surface area contributed by atoms with Crippen molar-refractivity contribution in [3.05, 3.63) is 93.9 Å². The molecule has 0 spiro atoms. The van der Waals surface area contributed by atoms with E-state index in [1.807, 2.05) is 30.3 Å². The second kappa shape index (κ2) is 6.44. The van der Waals surface area contributed by atoms with Gasteiger partial charge in [-0.15, -0.1) is 0 Å². The van der Waals surface area contributed by atoms with Crippen LogP contribution in [0.3, 0.4) is 0 Å². The van der Waals surface area contributed by atoms with Crippen molar-refractivity contribution in [3.8, 4) is 0 Å². The molecule has 0 unspecified atom stereocenters. The van der Waals surface area contributed by atoms with Crippen molar-refractivity contribution in [3.63, 3.8) is 0 Å². The molecule has 0 aliphatic carbocycles. The van der Waals surface area contributed by atoms with E-state index in [2.05, 4.69) is 10.3 Å². The molecule has 1 heterocycles. The Morgan fingerprint density at radius 1 is 0.885 bits per heavy atom. The number of para-hydroxylation sites is 2. The number of halogens is 1. The van der Waals surface area contributed by atoms with Crippen LogP contribution >= 0.6 is 0 Å². The molecule has 3 aromatic carbocycles. The Kier molecular flexibility index (Phi) is 3.97. The molecule has 0 fully saturated rings. The average molecular weight is 346 g/mol. The van der Waals surface area contributed by atoms with Crippen molar-refractivity contribution in [2.45, 2.75) is 6.54 Å². The molecule has 1 amide bonds. The number of hydrogen-bond donors (Lipinski definition) is 2. The minimum absolute atomic E-state index is 0.105. The monoisotopic (exact) mass is 346 g/mol. The first kappa shape index (κ1) is 16.0. The third kappa shape index (κ3) is 2.73. The van der Waals surface area contributed by atoms with E-state index in [-0.39, 0.29) is 22.2 Å². The van der Waals surface area contributed by atoms with Gasteiger partial charge in [0.25, 0.3) is 5.91 Å². The van der Waals surface area contributed by atoms with Crippen LogP contribution in [-0.4, -0.2) is 10.9 Å². The predicted molar refractivity (Wildman–Crippen MR) is 99.6 cm³/mol. The Hall–Kier alpha value is -3.47.